The number of hydrogen-bond donors (Lipinski definition) is 0. The molecule has 0 N–H and O–H groups in total. The quantitative estimate of drug-likeness (QED) is 0.435. The van der Waals surface area contributed by atoms with E-state index in [-0.39, 0.29) is 5.41 Å². The summed E-state index contributed by atoms with van der Waals surface area (Å²) in [5, 5.41) is 0. The lowest BCUT2D eigenvalue weighted by Crippen LogP contribution is -2.30. The molecule has 1 saturated carbocycles. The summed E-state index contributed by atoms with van der Waals surface area (Å²) < 4.78 is 7.15. The number of ether oxygens (including phenoxy) is 1. The van der Waals surface area contributed by atoms with Crippen molar-refractivity contribution in [1.82, 2.24) is 9.97 Å². The monoisotopic (exact) mass is 470 g/mol. The van der Waals surface area contributed by atoms with E-state index in [1.165, 1.54) is 46.8 Å². The van der Waals surface area contributed by atoms with Crippen molar-refractivity contribution in [3.8, 4) is 5.75 Å². The van der Waals surface area contributed by atoms with Crippen LogP contribution in [0, 0.1) is 3.57 Å². The van der Waals surface area contributed by atoms with E-state index in [4.69, 9.17) is 4.74 Å². The lowest BCUT2D eigenvalue weighted by atomic mass is 9.65. The fraction of sp³-hybridized carbons (Fsp3) is 0.304. The highest BCUT2D eigenvalue weighted by molar-refractivity contribution is 14.1. The predicted molar refractivity (Wildman–Crippen MR) is 116 cm³/mol. The number of halogens is 1. The van der Waals surface area contributed by atoms with Crippen molar-refractivity contribution in [2.75, 3.05) is 0 Å². The van der Waals surface area contributed by atoms with Crippen molar-refractivity contribution in [1.29, 1.82) is 0 Å². The lowest BCUT2D eigenvalue weighted by molar-refractivity contribution is 0.295. The maximum atomic E-state index is 5.86. The Kier molecular flexibility index (Phi) is 5.72. The minimum Gasteiger partial charge on any atom is -0.486 e. The van der Waals surface area contributed by atoms with E-state index in [9.17, 15) is 0 Å². The van der Waals surface area contributed by atoms with Crippen LogP contribution in [0.25, 0.3) is 0 Å². The molecular formula is C23H23IN2O. The molecule has 0 bridgehead atoms. The van der Waals surface area contributed by atoms with Crippen molar-refractivity contribution >= 4 is 22.6 Å². The molecule has 0 spiro atoms. The Hall–Kier alpha value is -1.95. The van der Waals surface area contributed by atoms with Gasteiger partial charge in [0, 0.05) is 21.4 Å². The first-order valence-electron chi connectivity index (χ1n) is 9.52. The SMILES string of the molecule is Ic1ccc(C2(c3ccc(OCc4ncccn4)cc3)CCCCC2)cc1. The highest BCUT2D eigenvalue weighted by atomic mass is 127. The van der Waals surface area contributed by atoms with Crippen LogP contribution in [0.3, 0.4) is 0 Å². The van der Waals surface area contributed by atoms with Gasteiger partial charge in [-0.3, -0.25) is 0 Å². The number of aromatic nitrogens is 2. The van der Waals surface area contributed by atoms with Crippen molar-refractivity contribution in [3.05, 3.63) is 87.5 Å². The van der Waals surface area contributed by atoms with Crippen molar-refractivity contribution in [2.24, 2.45) is 0 Å². The van der Waals surface area contributed by atoms with Gasteiger partial charge in [-0.2, -0.15) is 0 Å². The van der Waals surface area contributed by atoms with Gasteiger partial charge in [-0.1, -0.05) is 43.5 Å². The molecule has 0 saturated heterocycles. The second-order valence-corrected chi connectivity index (χ2v) is 8.37. The third-order valence-electron chi connectivity index (χ3n) is 5.50. The minimum atomic E-state index is 0.129. The third-order valence-corrected chi connectivity index (χ3v) is 6.22. The van der Waals surface area contributed by atoms with Crippen LogP contribution in [0.5, 0.6) is 5.75 Å². The molecule has 3 nitrogen and oxygen atoms in total. The molecule has 1 aliphatic rings. The molecule has 1 fully saturated rings. The molecule has 2 aromatic carbocycles. The Morgan fingerprint density at radius 3 is 2.04 bits per heavy atom. The first kappa shape index (κ1) is 18.4. The van der Waals surface area contributed by atoms with Crippen molar-refractivity contribution in [3.63, 3.8) is 0 Å². The van der Waals surface area contributed by atoms with Crippen LogP contribution in [0.2, 0.25) is 0 Å². The largest absolute Gasteiger partial charge is 0.486 e. The van der Waals surface area contributed by atoms with Crippen LogP contribution in [0.15, 0.2) is 67.0 Å². The minimum absolute atomic E-state index is 0.129. The zero-order valence-electron chi connectivity index (χ0n) is 15.3. The summed E-state index contributed by atoms with van der Waals surface area (Å²) in [4.78, 5) is 8.41. The molecule has 1 heterocycles. The fourth-order valence-corrected chi connectivity index (χ4v) is 4.45. The number of rotatable bonds is 5. The van der Waals surface area contributed by atoms with Crippen LogP contribution in [-0.2, 0) is 12.0 Å². The fourth-order valence-electron chi connectivity index (χ4n) is 4.09. The summed E-state index contributed by atoms with van der Waals surface area (Å²) in [6.45, 7) is 0.391. The molecule has 27 heavy (non-hydrogen) atoms. The highest BCUT2D eigenvalue weighted by Gasteiger charge is 2.35. The Labute approximate surface area is 174 Å². The molecule has 1 aromatic heterocycles. The summed E-state index contributed by atoms with van der Waals surface area (Å²) >= 11 is 2.38. The van der Waals surface area contributed by atoms with Gasteiger partial charge in [0.25, 0.3) is 0 Å². The summed E-state index contributed by atoms with van der Waals surface area (Å²) in [7, 11) is 0. The van der Waals surface area contributed by atoms with Gasteiger partial charge in [0.1, 0.15) is 12.4 Å². The molecule has 0 aliphatic heterocycles. The van der Waals surface area contributed by atoms with E-state index in [1.54, 1.807) is 12.4 Å². The maximum absolute atomic E-state index is 5.86. The van der Waals surface area contributed by atoms with Gasteiger partial charge in [0.2, 0.25) is 0 Å². The summed E-state index contributed by atoms with van der Waals surface area (Å²) in [5.41, 5.74) is 2.96. The van der Waals surface area contributed by atoms with Crippen LogP contribution in [0.1, 0.15) is 49.1 Å². The summed E-state index contributed by atoms with van der Waals surface area (Å²) in [6, 6.07) is 19.5. The van der Waals surface area contributed by atoms with Gasteiger partial charge in [0.05, 0.1) is 0 Å². The van der Waals surface area contributed by atoms with E-state index < -0.39 is 0 Å². The van der Waals surface area contributed by atoms with Gasteiger partial charge in [0.15, 0.2) is 5.82 Å². The number of benzene rings is 2. The standard InChI is InChI=1S/C23H23IN2O/c24-20-9-5-18(6-10-20)23(13-2-1-3-14-23)19-7-11-21(12-8-19)27-17-22-25-15-4-16-26-22/h4-12,15-16H,1-3,13-14,17H2. The lowest BCUT2D eigenvalue weighted by Gasteiger charge is -2.38. The number of hydrogen-bond acceptors (Lipinski definition) is 3. The summed E-state index contributed by atoms with van der Waals surface area (Å²) in [6.07, 6.45) is 9.82. The van der Waals surface area contributed by atoms with E-state index in [0.717, 1.165) is 5.75 Å². The predicted octanol–water partition coefficient (Wildman–Crippen LogP) is 5.91. The topological polar surface area (TPSA) is 35.0 Å². The Morgan fingerprint density at radius 1 is 0.815 bits per heavy atom. The summed E-state index contributed by atoms with van der Waals surface area (Å²) in [5.74, 6) is 1.56. The van der Waals surface area contributed by atoms with Gasteiger partial charge in [-0.05, 0) is 76.9 Å². The van der Waals surface area contributed by atoms with Crippen molar-refractivity contribution in [2.45, 2.75) is 44.1 Å². The van der Waals surface area contributed by atoms with Crippen LogP contribution in [-0.4, -0.2) is 9.97 Å². The second kappa shape index (κ2) is 8.38. The van der Waals surface area contributed by atoms with E-state index in [1.807, 2.05) is 6.07 Å². The molecule has 0 unspecified atom stereocenters. The molecule has 0 amide bonds. The molecule has 0 radical (unpaired) electrons. The van der Waals surface area contributed by atoms with Gasteiger partial charge in [-0.15, -0.1) is 0 Å². The van der Waals surface area contributed by atoms with E-state index in [0.29, 0.717) is 12.4 Å². The van der Waals surface area contributed by atoms with Crippen molar-refractivity contribution < 1.29 is 4.74 Å². The van der Waals surface area contributed by atoms with Crippen LogP contribution >= 0.6 is 22.6 Å². The normalized spacial score (nSPS) is 16.0. The molecule has 4 rings (SSSR count). The first-order valence-corrected chi connectivity index (χ1v) is 10.6. The average molecular weight is 470 g/mol. The Morgan fingerprint density at radius 2 is 1.41 bits per heavy atom. The number of nitrogens with zero attached hydrogens (tertiary/aromatic N) is 2. The molecule has 3 aromatic rings. The van der Waals surface area contributed by atoms with Gasteiger partial charge < -0.3 is 4.74 Å². The van der Waals surface area contributed by atoms with E-state index >= 15 is 0 Å². The zero-order chi connectivity index (χ0) is 18.5. The molecule has 0 atom stereocenters. The van der Waals surface area contributed by atoms with Gasteiger partial charge >= 0.3 is 0 Å². The smallest absolute Gasteiger partial charge is 0.166 e. The van der Waals surface area contributed by atoms with E-state index in [2.05, 4.69) is 81.1 Å². The third kappa shape index (κ3) is 4.15. The molecule has 138 valence electrons. The van der Waals surface area contributed by atoms with Crippen LogP contribution in [0.4, 0.5) is 0 Å². The maximum Gasteiger partial charge on any atom is 0.166 e. The average Bonchev–Trinajstić information content (AvgIpc) is 2.74. The zero-order valence-corrected chi connectivity index (χ0v) is 17.4. The molecule has 1 aliphatic carbocycles. The Balaban J connectivity index is 1.56. The van der Waals surface area contributed by atoms with Gasteiger partial charge in [-0.25, -0.2) is 9.97 Å². The second-order valence-electron chi connectivity index (χ2n) is 7.13. The molecule has 4 heteroatoms. The highest BCUT2D eigenvalue weighted by Crippen LogP contribution is 2.45. The first-order chi connectivity index (χ1) is 13.3. The Bertz CT molecular complexity index is 857. The molecular weight excluding hydrogens is 447 g/mol. The van der Waals surface area contributed by atoms with Crippen LogP contribution < -0.4 is 4.74 Å².